The Morgan fingerprint density at radius 2 is 1.74 bits per heavy atom. The van der Waals surface area contributed by atoms with E-state index in [1.807, 2.05) is 36.4 Å². The van der Waals surface area contributed by atoms with Gasteiger partial charge in [-0.15, -0.1) is 0 Å². The standard InChI is InChI=1S/C21H23N3O3/c25-20(14-24-18-6-2-3-7-19(18)27-15-21(24)26)22-16-8-10-17(11-9-16)23-12-4-1-5-13-23/h2-3,6-11H,1,4-5,12-15H2,(H,22,25). The van der Waals surface area contributed by atoms with E-state index < -0.39 is 0 Å². The molecule has 2 amide bonds. The normalized spacial score (nSPS) is 16.5. The molecule has 1 fully saturated rings. The molecule has 1 saturated heterocycles. The molecule has 2 aliphatic rings. The van der Waals surface area contributed by atoms with Crippen LogP contribution in [0.4, 0.5) is 17.1 Å². The van der Waals surface area contributed by atoms with E-state index in [-0.39, 0.29) is 25.0 Å². The molecule has 2 aromatic carbocycles. The Kier molecular flexibility index (Phi) is 4.96. The molecule has 6 nitrogen and oxygen atoms in total. The first-order valence-electron chi connectivity index (χ1n) is 9.38. The number of amides is 2. The molecule has 0 unspecified atom stereocenters. The van der Waals surface area contributed by atoms with Crippen LogP contribution in [0.3, 0.4) is 0 Å². The van der Waals surface area contributed by atoms with Crippen LogP contribution in [-0.4, -0.2) is 38.1 Å². The smallest absolute Gasteiger partial charge is 0.265 e. The second kappa shape index (κ2) is 7.70. The first kappa shape index (κ1) is 17.4. The highest BCUT2D eigenvalue weighted by atomic mass is 16.5. The van der Waals surface area contributed by atoms with Crippen molar-refractivity contribution >= 4 is 28.9 Å². The zero-order valence-electron chi connectivity index (χ0n) is 15.2. The third-order valence-electron chi connectivity index (χ3n) is 4.98. The lowest BCUT2D eigenvalue weighted by atomic mass is 10.1. The number of rotatable bonds is 4. The Labute approximate surface area is 158 Å². The van der Waals surface area contributed by atoms with Gasteiger partial charge in [-0.2, -0.15) is 0 Å². The van der Waals surface area contributed by atoms with Crippen LogP contribution in [0.15, 0.2) is 48.5 Å². The number of piperidine rings is 1. The molecule has 0 aromatic heterocycles. The minimum Gasteiger partial charge on any atom is -0.482 e. The summed E-state index contributed by atoms with van der Waals surface area (Å²) in [7, 11) is 0. The molecule has 1 N–H and O–H groups in total. The summed E-state index contributed by atoms with van der Waals surface area (Å²) in [6, 6.07) is 15.2. The molecular weight excluding hydrogens is 342 g/mol. The Bertz CT molecular complexity index is 829. The average molecular weight is 365 g/mol. The molecule has 0 radical (unpaired) electrons. The van der Waals surface area contributed by atoms with Gasteiger partial charge in [0.15, 0.2) is 6.61 Å². The molecule has 140 valence electrons. The van der Waals surface area contributed by atoms with Gasteiger partial charge in [-0.1, -0.05) is 12.1 Å². The number of nitrogens with one attached hydrogen (secondary N) is 1. The van der Waals surface area contributed by atoms with Crippen LogP contribution in [-0.2, 0) is 9.59 Å². The van der Waals surface area contributed by atoms with Crippen LogP contribution < -0.4 is 19.9 Å². The summed E-state index contributed by atoms with van der Waals surface area (Å²) in [5.41, 5.74) is 2.55. The van der Waals surface area contributed by atoms with Crippen molar-refractivity contribution in [1.29, 1.82) is 0 Å². The summed E-state index contributed by atoms with van der Waals surface area (Å²) in [5.74, 6) is 0.172. The predicted octanol–water partition coefficient (Wildman–Crippen LogP) is 3.04. The van der Waals surface area contributed by atoms with Gasteiger partial charge >= 0.3 is 0 Å². The van der Waals surface area contributed by atoms with Crippen LogP contribution >= 0.6 is 0 Å². The summed E-state index contributed by atoms with van der Waals surface area (Å²) >= 11 is 0. The van der Waals surface area contributed by atoms with Crippen molar-refractivity contribution in [2.75, 3.05) is 41.4 Å². The third-order valence-corrected chi connectivity index (χ3v) is 4.98. The fraction of sp³-hybridized carbons (Fsp3) is 0.333. The van der Waals surface area contributed by atoms with E-state index in [1.54, 1.807) is 12.1 Å². The number of ether oxygens (including phenoxy) is 1. The lowest BCUT2D eigenvalue weighted by molar-refractivity contribution is -0.123. The summed E-state index contributed by atoms with van der Waals surface area (Å²) in [6.45, 7) is 2.09. The van der Waals surface area contributed by atoms with Crippen molar-refractivity contribution in [3.8, 4) is 5.75 Å². The zero-order chi connectivity index (χ0) is 18.6. The van der Waals surface area contributed by atoms with E-state index in [2.05, 4.69) is 10.2 Å². The maximum atomic E-state index is 12.5. The molecule has 2 heterocycles. The summed E-state index contributed by atoms with van der Waals surface area (Å²) in [4.78, 5) is 28.5. The van der Waals surface area contributed by atoms with E-state index in [4.69, 9.17) is 4.74 Å². The molecule has 0 saturated carbocycles. The number of carbonyl (C=O) groups excluding carboxylic acids is 2. The quantitative estimate of drug-likeness (QED) is 0.905. The molecular formula is C21H23N3O3. The molecule has 2 aromatic rings. The average Bonchev–Trinajstić information content (AvgIpc) is 2.71. The number of nitrogens with zero attached hydrogens (tertiary/aromatic N) is 2. The van der Waals surface area contributed by atoms with E-state index in [1.165, 1.54) is 29.8 Å². The molecule has 4 rings (SSSR count). The fourth-order valence-electron chi connectivity index (χ4n) is 3.58. The third kappa shape index (κ3) is 3.89. The maximum absolute atomic E-state index is 12.5. The Hall–Kier alpha value is -3.02. The molecule has 0 bridgehead atoms. The lowest BCUT2D eigenvalue weighted by Gasteiger charge is -2.29. The number of hydrogen-bond donors (Lipinski definition) is 1. The number of para-hydroxylation sites is 2. The molecule has 0 atom stereocenters. The highest BCUT2D eigenvalue weighted by molar-refractivity contribution is 6.04. The SMILES string of the molecule is O=C(CN1C(=O)COc2ccccc21)Nc1ccc(N2CCCCC2)cc1. The lowest BCUT2D eigenvalue weighted by Crippen LogP contribution is -2.43. The van der Waals surface area contributed by atoms with E-state index in [0.717, 1.165) is 18.8 Å². The van der Waals surface area contributed by atoms with E-state index >= 15 is 0 Å². The number of carbonyl (C=O) groups is 2. The van der Waals surface area contributed by atoms with Crippen molar-refractivity contribution in [2.45, 2.75) is 19.3 Å². The summed E-state index contributed by atoms with van der Waals surface area (Å²) in [6.07, 6.45) is 3.76. The van der Waals surface area contributed by atoms with Crippen LogP contribution in [0.5, 0.6) is 5.75 Å². The van der Waals surface area contributed by atoms with Gasteiger partial charge in [-0.25, -0.2) is 0 Å². The minimum absolute atomic E-state index is 0.0346. The first-order chi connectivity index (χ1) is 13.2. The van der Waals surface area contributed by atoms with Gasteiger partial charge in [-0.05, 0) is 55.7 Å². The minimum atomic E-state index is -0.231. The number of hydrogen-bond acceptors (Lipinski definition) is 4. The van der Waals surface area contributed by atoms with Crippen molar-refractivity contribution < 1.29 is 14.3 Å². The second-order valence-electron chi connectivity index (χ2n) is 6.88. The van der Waals surface area contributed by atoms with Crippen LogP contribution in [0, 0.1) is 0 Å². The van der Waals surface area contributed by atoms with Crippen molar-refractivity contribution in [3.05, 3.63) is 48.5 Å². The van der Waals surface area contributed by atoms with E-state index in [9.17, 15) is 9.59 Å². The zero-order valence-corrected chi connectivity index (χ0v) is 15.2. The molecule has 0 aliphatic carbocycles. The first-order valence-corrected chi connectivity index (χ1v) is 9.38. The summed E-state index contributed by atoms with van der Waals surface area (Å²) in [5, 5.41) is 2.88. The van der Waals surface area contributed by atoms with Gasteiger partial charge in [0.1, 0.15) is 12.3 Å². The topological polar surface area (TPSA) is 61.9 Å². The number of fused-ring (bicyclic) bond motifs is 1. The van der Waals surface area contributed by atoms with Crippen LogP contribution in [0.25, 0.3) is 0 Å². The Balaban J connectivity index is 1.40. The van der Waals surface area contributed by atoms with Gasteiger partial charge in [0, 0.05) is 24.5 Å². The van der Waals surface area contributed by atoms with Crippen molar-refractivity contribution in [3.63, 3.8) is 0 Å². The van der Waals surface area contributed by atoms with Crippen molar-refractivity contribution in [2.24, 2.45) is 0 Å². The van der Waals surface area contributed by atoms with Gasteiger partial charge < -0.3 is 15.0 Å². The molecule has 0 spiro atoms. The Morgan fingerprint density at radius 3 is 2.52 bits per heavy atom. The van der Waals surface area contributed by atoms with Gasteiger partial charge in [0.25, 0.3) is 5.91 Å². The van der Waals surface area contributed by atoms with Gasteiger partial charge in [0.05, 0.1) is 5.69 Å². The van der Waals surface area contributed by atoms with Crippen LogP contribution in [0.1, 0.15) is 19.3 Å². The molecule has 2 aliphatic heterocycles. The second-order valence-corrected chi connectivity index (χ2v) is 6.88. The van der Waals surface area contributed by atoms with Gasteiger partial charge in [0.2, 0.25) is 5.91 Å². The van der Waals surface area contributed by atoms with Crippen molar-refractivity contribution in [1.82, 2.24) is 0 Å². The largest absolute Gasteiger partial charge is 0.482 e. The highest BCUT2D eigenvalue weighted by Gasteiger charge is 2.26. The number of anilines is 3. The predicted molar refractivity (Wildman–Crippen MR) is 105 cm³/mol. The fourth-order valence-corrected chi connectivity index (χ4v) is 3.58. The highest BCUT2D eigenvalue weighted by Crippen LogP contribution is 2.31. The number of benzene rings is 2. The van der Waals surface area contributed by atoms with Crippen LogP contribution in [0.2, 0.25) is 0 Å². The summed E-state index contributed by atoms with van der Waals surface area (Å²) < 4.78 is 5.41. The monoisotopic (exact) mass is 365 g/mol. The molecule has 6 heteroatoms. The van der Waals surface area contributed by atoms with Gasteiger partial charge in [-0.3, -0.25) is 14.5 Å². The maximum Gasteiger partial charge on any atom is 0.265 e. The molecule has 27 heavy (non-hydrogen) atoms. The Morgan fingerprint density at radius 1 is 1.00 bits per heavy atom. The van der Waals surface area contributed by atoms with E-state index in [0.29, 0.717) is 11.4 Å².